The van der Waals surface area contributed by atoms with Crippen LogP contribution in [0.2, 0.25) is 0 Å². The van der Waals surface area contributed by atoms with Crippen molar-refractivity contribution in [3.05, 3.63) is 29.8 Å². The first-order valence-electron chi connectivity index (χ1n) is 7.18. The van der Waals surface area contributed by atoms with Crippen LogP contribution in [-0.2, 0) is 4.79 Å². The Morgan fingerprint density at radius 2 is 2.05 bits per heavy atom. The lowest BCUT2D eigenvalue weighted by Crippen LogP contribution is -2.36. The van der Waals surface area contributed by atoms with Crippen molar-refractivity contribution in [1.29, 1.82) is 0 Å². The fourth-order valence-electron chi connectivity index (χ4n) is 2.02. The number of hydrogen-bond acceptors (Lipinski definition) is 3. The van der Waals surface area contributed by atoms with Crippen LogP contribution in [0.15, 0.2) is 24.3 Å². The summed E-state index contributed by atoms with van der Waals surface area (Å²) in [6, 6.07) is 6.98. The minimum Gasteiger partial charge on any atom is -0.494 e. The summed E-state index contributed by atoms with van der Waals surface area (Å²) in [5.74, 6) is -0.143. The third-order valence-corrected chi connectivity index (χ3v) is 2.86. The topological polar surface area (TPSA) is 66.8 Å². The van der Waals surface area contributed by atoms with Crippen LogP contribution in [-0.4, -0.2) is 41.6 Å². The summed E-state index contributed by atoms with van der Waals surface area (Å²) in [6.07, 6.45) is -0.0520. The molecule has 0 aliphatic carbocycles. The molecule has 0 saturated heterocycles. The predicted molar refractivity (Wildman–Crippen MR) is 80.6 cm³/mol. The number of carboxylic acids is 1. The van der Waals surface area contributed by atoms with Crippen molar-refractivity contribution in [2.75, 3.05) is 19.7 Å². The Bertz CT molecular complexity index is 485. The molecule has 0 aliphatic heterocycles. The molecule has 0 bridgehead atoms. The fraction of sp³-hybridized carbons (Fsp3) is 0.500. The van der Waals surface area contributed by atoms with Gasteiger partial charge in [0, 0.05) is 18.7 Å². The van der Waals surface area contributed by atoms with Crippen molar-refractivity contribution < 1.29 is 19.4 Å². The third kappa shape index (κ3) is 5.85. The van der Waals surface area contributed by atoms with E-state index in [0.717, 1.165) is 0 Å². The van der Waals surface area contributed by atoms with Gasteiger partial charge in [-0.25, -0.2) is 0 Å². The Balaban J connectivity index is 2.87. The van der Waals surface area contributed by atoms with Gasteiger partial charge in [-0.1, -0.05) is 19.9 Å². The van der Waals surface area contributed by atoms with Gasteiger partial charge in [0.25, 0.3) is 5.91 Å². The highest BCUT2D eigenvalue weighted by Crippen LogP contribution is 2.16. The van der Waals surface area contributed by atoms with Crippen molar-refractivity contribution in [1.82, 2.24) is 4.90 Å². The quantitative estimate of drug-likeness (QED) is 0.800. The van der Waals surface area contributed by atoms with E-state index in [-0.39, 0.29) is 24.8 Å². The van der Waals surface area contributed by atoms with Crippen LogP contribution in [0.25, 0.3) is 0 Å². The van der Waals surface area contributed by atoms with Crippen LogP contribution in [0.3, 0.4) is 0 Å². The molecule has 21 heavy (non-hydrogen) atoms. The van der Waals surface area contributed by atoms with Crippen LogP contribution in [0.5, 0.6) is 5.75 Å². The largest absolute Gasteiger partial charge is 0.494 e. The maximum absolute atomic E-state index is 12.5. The van der Waals surface area contributed by atoms with Crippen LogP contribution in [0, 0.1) is 5.92 Å². The van der Waals surface area contributed by atoms with Gasteiger partial charge in [0.15, 0.2) is 0 Å². The van der Waals surface area contributed by atoms with Crippen molar-refractivity contribution in [3.8, 4) is 5.75 Å². The van der Waals surface area contributed by atoms with E-state index in [1.54, 1.807) is 29.2 Å². The number of aliphatic carboxylic acids is 1. The number of amides is 1. The molecule has 116 valence electrons. The van der Waals surface area contributed by atoms with Gasteiger partial charge >= 0.3 is 5.97 Å². The van der Waals surface area contributed by atoms with E-state index >= 15 is 0 Å². The minimum atomic E-state index is -0.903. The van der Waals surface area contributed by atoms with Crippen molar-refractivity contribution in [2.45, 2.75) is 27.2 Å². The van der Waals surface area contributed by atoms with Gasteiger partial charge in [-0.2, -0.15) is 0 Å². The summed E-state index contributed by atoms with van der Waals surface area (Å²) >= 11 is 0. The van der Waals surface area contributed by atoms with Gasteiger partial charge in [0.2, 0.25) is 0 Å². The monoisotopic (exact) mass is 293 g/mol. The average Bonchev–Trinajstić information content (AvgIpc) is 2.43. The number of rotatable bonds is 8. The van der Waals surface area contributed by atoms with Crippen LogP contribution in [0.4, 0.5) is 0 Å². The molecule has 0 radical (unpaired) electrons. The highest BCUT2D eigenvalue weighted by atomic mass is 16.5. The Labute approximate surface area is 125 Å². The van der Waals surface area contributed by atoms with E-state index in [9.17, 15) is 9.59 Å². The molecule has 1 N–H and O–H groups in total. The molecule has 0 heterocycles. The molecule has 0 aliphatic rings. The molecule has 0 spiro atoms. The number of carbonyl (C=O) groups is 2. The van der Waals surface area contributed by atoms with Gasteiger partial charge < -0.3 is 14.7 Å². The summed E-state index contributed by atoms with van der Waals surface area (Å²) in [7, 11) is 0. The minimum absolute atomic E-state index is 0.0520. The number of carbonyl (C=O) groups excluding carboxylic acids is 1. The molecular formula is C16H23NO4. The van der Waals surface area contributed by atoms with Gasteiger partial charge in [0.05, 0.1) is 13.0 Å². The van der Waals surface area contributed by atoms with Crippen LogP contribution in [0.1, 0.15) is 37.6 Å². The molecule has 0 atom stereocenters. The number of carboxylic acid groups (broad SMARTS) is 1. The Morgan fingerprint density at radius 3 is 2.62 bits per heavy atom. The molecule has 0 fully saturated rings. The van der Waals surface area contributed by atoms with Gasteiger partial charge in [0.1, 0.15) is 5.75 Å². The van der Waals surface area contributed by atoms with Crippen molar-refractivity contribution in [3.63, 3.8) is 0 Å². The number of nitrogens with zero attached hydrogens (tertiary/aromatic N) is 1. The molecule has 1 amide bonds. The lowest BCUT2D eigenvalue weighted by Gasteiger charge is -2.24. The summed E-state index contributed by atoms with van der Waals surface area (Å²) in [5, 5.41) is 8.80. The first-order chi connectivity index (χ1) is 9.93. The number of ether oxygens (including phenoxy) is 1. The van der Waals surface area contributed by atoms with E-state index in [4.69, 9.17) is 9.84 Å². The molecule has 0 unspecified atom stereocenters. The first kappa shape index (κ1) is 17.0. The second-order valence-electron chi connectivity index (χ2n) is 5.25. The maximum Gasteiger partial charge on any atom is 0.305 e. The molecule has 1 rings (SSSR count). The van der Waals surface area contributed by atoms with E-state index < -0.39 is 5.97 Å². The third-order valence-electron chi connectivity index (χ3n) is 2.86. The first-order valence-corrected chi connectivity index (χ1v) is 7.18. The summed E-state index contributed by atoms with van der Waals surface area (Å²) in [4.78, 5) is 24.8. The Kier molecular flexibility index (Phi) is 6.72. The van der Waals surface area contributed by atoms with E-state index in [0.29, 0.717) is 24.5 Å². The summed E-state index contributed by atoms with van der Waals surface area (Å²) in [6.45, 7) is 7.16. The van der Waals surface area contributed by atoms with Crippen molar-refractivity contribution in [2.24, 2.45) is 5.92 Å². The molecule has 1 aromatic rings. The van der Waals surface area contributed by atoms with Gasteiger partial charge in [-0.15, -0.1) is 0 Å². The highest BCUT2D eigenvalue weighted by Gasteiger charge is 2.18. The van der Waals surface area contributed by atoms with E-state index in [1.807, 2.05) is 20.8 Å². The number of hydrogen-bond donors (Lipinski definition) is 1. The Morgan fingerprint density at radius 1 is 1.33 bits per heavy atom. The zero-order chi connectivity index (χ0) is 15.8. The normalized spacial score (nSPS) is 10.5. The molecule has 5 heteroatoms. The molecule has 5 nitrogen and oxygen atoms in total. The lowest BCUT2D eigenvalue weighted by molar-refractivity contribution is -0.137. The van der Waals surface area contributed by atoms with Crippen LogP contribution >= 0.6 is 0 Å². The standard InChI is InChI=1S/C16H23NO4/c1-4-21-14-7-5-6-13(10-14)16(20)17(11-12(2)3)9-8-15(18)19/h5-7,10,12H,4,8-9,11H2,1-3H3,(H,18,19). The van der Waals surface area contributed by atoms with Crippen molar-refractivity contribution >= 4 is 11.9 Å². The summed E-state index contributed by atoms with van der Waals surface area (Å²) < 4.78 is 5.39. The van der Waals surface area contributed by atoms with E-state index in [1.165, 1.54) is 0 Å². The zero-order valence-electron chi connectivity index (χ0n) is 12.8. The highest BCUT2D eigenvalue weighted by molar-refractivity contribution is 5.94. The second kappa shape index (κ2) is 8.29. The predicted octanol–water partition coefficient (Wildman–Crippen LogP) is 2.66. The lowest BCUT2D eigenvalue weighted by atomic mass is 10.1. The fourth-order valence-corrected chi connectivity index (χ4v) is 2.02. The molecule has 0 aromatic heterocycles. The van der Waals surface area contributed by atoms with Crippen LogP contribution < -0.4 is 4.74 Å². The zero-order valence-corrected chi connectivity index (χ0v) is 12.8. The van der Waals surface area contributed by atoms with E-state index in [2.05, 4.69) is 0 Å². The maximum atomic E-state index is 12.5. The molecule has 0 saturated carbocycles. The molecular weight excluding hydrogens is 270 g/mol. The smallest absolute Gasteiger partial charge is 0.305 e. The summed E-state index contributed by atoms with van der Waals surface area (Å²) in [5.41, 5.74) is 0.520. The van der Waals surface area contributed by atoms with Gasteiger partial charge in [-0.3, -0.25) is 9.59 Å². The second-order valence-corrected chi connectivity index (χ2v) is 5.25. The number of benzene rings is 1. The SMILES string of the molecule is CCOc1cccc(C(=O)N(CCC(=O)O)CC(C)C)c1. The van der Waals surface area contributed by atoms with Gasteiger partial charge in [-0.05, 0) is 31.0 Å². The average molecular weight is 293 g/mol. The molecule has 1 aromatic carbocycles. The Hall–Kier alpha value is -2.04.